The molecule has 0 aromatic carbocycles. The van der Waals surface area contributed by atoms with Crippen LogP contribution in [0.5, 0.6) is 0 Å². The molecule has 7 heteroatoms. The van der Waals surface area contributed by atoms with E-state index in [1.807, 2.05) is 6.92 Å². The highest BCUT2D eigenvalue weighted by Crippen LogP contribution is 2.32. The number of rotatable bonds is 10. The average molecular weight is 337 g/mol. The highest BCUT2D eigenvalue weighted by atomic mass is 28.4. The fraction of sp³-hybridized carbons (Fsp3) is 0.929. The number of carbonyl (C=O) groups excluding carboxylic acids is 1. The molecule has 0 saturated heterocycles. The van der Waals surface area contributed by atoms with Gasteiger partial charge in [-0.1, -0.05) is 34.6 Å². The lowest BCUT2D eigenvalue weighted by Gasteiger charge is -2.34. The van der Waals surface area contributed by atoms with Crippen molar-refractivity contribution in [2.24, 2.45) is 5.92 Å². The van der Waals surface area contributed by atoms with E-state index < -0.39 is 17.1 Å². The molecule has 126 valence electrons. The predicted molar refractivity (Wildman–Crippen MR) is 88.7 cm³/mol. The van der Waals surface area contributed by atoms with Gasteiger partial charge in [0.05, 0.1) is 5.92 Å². The van der Waals surface area contributed by atoms with Crippen LogP contribution in [0.1, 0.15) is 34.6 Å². The molecule has 0 bridgehead atoms. The van der Waals surface area contributed by atoms with Crippen LogP contribution in [-0.2, 0) is 22.5 Å². The number of hydrogen-bond donors (Lipinski definition) is 0. The van der Waals surface area contributed by atoms with Gasteiger partial charge in [0.25, 0.3) is 14.3 Å². The zero-order chi connectivity index (χ0) is 16.7. The van der Waals surface area contributed by atoms with Crippen molar-refractivity contribution in [1.82, 2.24) is 0 Å². The van der Waals surface area contributed by atoms with Crippen LogP contribution in [0.4, 0.5) is 0 Å². The summed E-state index contributed by atoms with van der Waals surface area (Å²) in [5.41, 5.74) is 0.415. The second kappa shape index (κ2) is 9.04. The molecule has 0 heterocycles. The SMILES string of the molecule is CC[Si](CC)(OC(=O)C(C)C[Si](OC)(OC)OC)C(C)C. The highest BCUT2D eigenvalue weighted by Gasteiger charge is 2.44. The molecule has 0 fully saturated rings. The van der Waals surface area contributed by atoms with Crippen LogP contribution in [0.3, 0.4) is 0 Å². The first-order valence-electron chi connectivity index (χ1n) is 7.64. The predicted octanol–water partition coefficient (Wildman–Crippen LogP) is 3.44. The quantitative estimate of drug-likeness (QED) is 0.572. The van der Waals surface area contributed by atoms with Crippen molar-refractivity contribution in [2.45, 2.75) is 58.3 Å². The molecule has 0 amide bonds. The van der Waals surface area contributed by atoms with E-state index in [-0.39, 0.29) is 11.9 Å². The van der Waals surface area contributed by atoms with Crippen LogP contribution in [0.15, 0.2) is 0 Å². The summed E-state index contributed by atoms with van der Waals surface area (Å²) in [6.45, 7) is 10.4. The lowest BCUT2D eigenvalue weighted by Crippen LogP contribution is -2.47. The van der Waals surface area contributed by atoms with E-state index in [1.165, 1.54) is 0 Å². The average Bonchev–Trinajstić information content (AvgIpc) is 2.49. The van der Waals surface area contributed by atoms with Crippen molar-refractivity contribution in [1.29, 1.82) is 0 Å². The largest absolute Gasteiger partial charge is 0.519 e. The van der Waals surface area contributed by atoms with Gasteiger partial charge in [0.2, 0.25) is 0 Å². The fourth-order valence-corrected chi connectivity index (χ4v) is 7.76. The highest BCUT2D eigenvalue weighted by molar-refractivity contribution is 6.76. The summed E-state index contributed by atoms with van der Waals surface area (Å²) >= 11 is 0. The van der Waals surface area contributed by atoms with Gasteiger partial charge in [-0.25, -0.2) is 0 Å². The Bertz CT molecular complexity index is 306. The minimum absolute atomic E-state index is 0.151. The minimum atomic E-state index is -2.75. The van der Waals surface area contributed by atoms with Crippen LogP contribution in [0, 0.1) is 5.92 Å². The van der Waals surface area contributed by atoms with Crippen molar-refractivity contribution >= 4 is 23.1 Å². The normalized spacial score (nSPS) is 14.3. The molecule has 21 heavy (non-hydrogen) atoms. The summed E-state index contributed by atoms with van der Waals surface area (Å²) < 4.78 is 22.2. The van der Waals surface area contributed by atoms with Gasteiger partial charge in [-0.05, 0) is 17.6 Å². The maximum atomic E-state index is 12.5. The van der Waals surface area contributed by atoms with Crippen molar-refractivity contribution in [3.63, 3.8) is 0 Å². The van der Waals surface area contributed by atoms with Gasteiger partial charge < -0.3 is 17.7 Å². The van der Waals surface area contributed by atoms with Crippen LogP contribution in [0.2, 0.25) is 23.7 Å². The molecule has 0 aliphatic rings. The van der Waals surface area contributed by atoms with Crippen LogP contribution in [-0.4, -0.2) is 44.4 Å². The Labute approximate surface area is 131 Å². The maximum Gasteiger partial charge on any atom is 0.501 e. The Morgan fingerprint density at radius 2 is 1.38 bits per heavy atom. The van der Waals surface area contributed by atoms with Gasteiger partial charge >= 0.3 is 8.80 Å². The third kappa shape index (κ3) is 5.17. The van der Waals surface area contributed by atoms with E-state index in [0.29, 0.717) is 11.6 Å². The first-order chi connectivity index (χ1) is 9.76. The zero-order valence-corrected chi connectivity index (χ0v) is 16.8. The van der Waals surface area contributed by atoms with E-state index in [2.05, 4.69) is 27.7 Å². The molecule has 0 rings (SSSR count). The first-order valence-corrected chi connectivity index (χ1v) is 12.0. The monoisotopic (exact) mass is 336 g/mol. The van der Waals surface area contributed by atoms with Gasteiger partial charge in [0.1, 0.15) is 0 Å². The van der Waals surface area contributed by atoms with E-state index >= 15 is 0 Å². The first kappa shape index (κ1) is 20.8. The van der Waals surface area contributed by atoms with Crippen molar-refractivity contribution in [3.05, 3.63) is 0 Å². The minimum Gasteiger partial charge on any atom is -0.519 e. The van der Waals surface area contributed by atoms with E-state index in [1.54, 1.807) is 21.3 Å². The van der Waals surface area contributed by atoms with Crippen LogP contribution in [0.25, 0.3) is 0 Å². The lowest BCUT2D eigenvalue weighted by molar-refractivity contribution is -0.139. The molecule has 1 atom stereocenters. The van der Waals surface area contributed by atoms with Gasteiger partial charge in [-0.3, -0.25) is 4.79 Å². The Kier molecular flexibility index (Phi) is 8.95. The molecule has 0 radical (unpaired) electrons. The van der Waals surface area contributed by atoms with E-state index in [4.69, 9.17) is 17.7 Å². The molecule has 1 unspecified atom stereocenters. The summed E-state index contributed by atoms with van der Waals surface area (Å²) in [5, 5.41) is 0. The molecule has 0 aromatic heterocycles. The molecular weight excluding hydrogens is 304 g/mol. The Balaban J connectivity index is 4.93. The summed E-state index contributed by atoms with van der Waals surface area (Å²) in [5.74, 6) is -0.442. The number of carbonyl (C=O) groups is 1. The standard InChI is InChI=1S/C14H32O5Si2/c1-9-20(10-2,12(3)4)19-14(15)13(5)11-21(16-6,17-7)18-8/h12-13H,9-11H2,1-8H3. The van der Waals surface area contributed by atoms with Crippen molar-refractivity contribution in [2.75, 3.05) is 21.3 Å². The summed E-state index contributed by atoms with van der Waals surface area (Å²) in [6.07, 6.45) is 0. The van der Waals surface area contributed by atoms with Crippen LogP contribution >= 0.6 is 0 Å². The Morgan fingerprint density at radius 3 is 1.67 bits per heavy atom. The fourth-order valence-electron chi connectivity index (χ4n) is 2.59. The van der Waals surface area contributed by atoms with E-state index in [0.717, 1.165) is 12.1 Å². The van der Waals surface area contributed by atoms with Gasteiger partial charge in [-0.2, -0.15) is 0 Å². The smallest absolute Gasteiger partial charge is 0.501 e. The molecule has 0 aliphatic heterocycles. The van der Waals surface area contributed by atoms with Gasteiger partial charge in [0.15, 0.2) is 0 Å². The zero-order valence-electron chi connectivity index (χ0n) is 14.8. The van der Waals surface area contributed by atoms with Crippen molar-refractivity contribution < 1.29 is 22.5 Å². The summed E-state index contributed by atoms with van der Waals surface area (Å²) in [7, 11) is -0.0866. The van der Waals surface area contributed by atoms with E-state index in [9.17, 15) is 4.79 Å². The second-order valence-electron chi connectivity index (χ2n) is 5.75. The third-order valence-corrected chi connectivity index (χ3v) is 12.5. The van der Waals surface area contributed by atoms with Gasteiger partial charge in [-0.15, -0.1) is 0 Å². The topological polar surface area (TPSA) is 54.0 Å². The maximum absolute atomic E-state index is 12.5. The second-order valence-corrected chi connectivity index (χ2v) is 13.6. The van der Waals surface area contributed by atoms with Crippen molar-refractivity contribution in [3.8, 4) is 0 Å². The summed E-state index contributed by atoms with van der Waals surface area (Å²) in [6, 6.07) is 2.33. The molecule has 0 N–H and O–H groups in total. The molecule has 0 spiro atoms. The molecule has 0 aliphatic carbocycles. The molecule has 0 saturated carbocycles. The molecular formula is C14H32O5Si2. The molecule has 5 nitrogen and oxygen atoms in total. The Hall–Kier alpha value is -0.216. The Morgan fingerprint density at radius 1 is 0.952 bits per heavy atom. The number of hydrogen-bond acceptors (Lipinski definition) is 5. The van der Waals surface area contributed by atoms with Gasteiger partial charge in [0, 0.05) is 27.4 Å². The van der Waals surface area contributed by atoms with Crippen LogP contribution < -0.4 is 0 Å². The third-order valence-electron chi connectivity index (χ3n) is 4.44. The lowest BCUT2D eigenvalue weighted by atomic mass is 10.2. The molecule has 0 aromatic rings. The summed E-state index contributed by atoms with van der Waals surface area (Å²) in [4.78, 5) is 12.5.